The van der Waals surface area contributed by atoms with Gasteiger partial charge in [-0.05, 0) is 19.1 Å². The van der Waals surface area contributed by atoms with E-state index in [0.717, 1.165) is 17.9 Å². The molecular weight excluding hydrogens is 164 g/mol. The summed E-state index contributed by atoms with van der Waals surface area (Å²) < 4.78 is 0. The van der Waals surface area contributed by atoms with Crippen LogP contribution in [0.15, 0.2) is 29.3 Å². The van der Waals surface area contributed by atoms with Crippen molar-refractivity contribution < 1.29 is 5.11 Å². The normalized spacial score (nSPS) is 21.0. The smallest absolute Gasteiger partial charge is 0.132 e. The zero-order valence-corrected chi connectivity index (χ0v) is 7.49. The van der Waals surface area contributed by atoms with E-state index in [2.05, 4.69) is 17.2 Å². The summed E-state index contributed by atoms with van der Waals surface area (Å²) in [5.41, 5.74) is 0.784. The fourth-order valence-corrected chi connectivity index (χ4v) is 1.39. The average molecular weight is 176 g/mol. The molecule has 0 radical (unpaired) electrons. The zero-order chi connectivity index (χ0) is 9.26. The van der Waals surface area contributed by atoms with Gasteiger partial charge in [-0.25, -0.2) is 0 Å². The lowest BCUT2D eigenvalue weighted by Crippen LogP contribution is -2.27. The van der Waals surface area contributed by atoms with Crippen molar-refractivity contribution in [3.63, 3.8) is 0 Å². The number of hydrogen-bond donors (Lipinski definition) is 2. The third kappa shape index (κ3) is 1.49. The number of aromatic hydroxyl groups is 1. The van der Waals surface area contributed by atoms with Crippen LogP contribution in [0.2, 0.25) is 0 Å². The molecule has 1 aromatic carbocycles. The average Bonchev–Trinajstić information content (AvgIpc) is 2.53. The van der Waals surface area contributed by atoms with E-state index in [1.807, 2.05) is 12.1 Å². The second-order valence-corrected chi connectivity index (χ2v) is 3.25. The van der Waals surface area contributed by atoms with E-state index in [-0.39, 0.29) is 5.75 Å². The minimum Gasteiger partial charge on any atom is -0.507 e. The molecular formula is C10H12N2O. The highest BCUT2D eigenvalue weighted by atomic mass is 16.3. The Morgan fingerprint density at radius 1 is 1.46 bits per heavy atom. The summed E-state index contributed by atoms with van der Waals surface area (Å²) in [4.78, 5) is 4.29. The largest absolute Gasteiger partial charge is 0.507 e. The van der Waals surface area contributed by atoms with Gasteiger partial charge in [-0.15, -0.1) is 0 Å². The monoisotopic (exact) mass is 176 g/mol. The Hall–Kier alpha value is -1.51. The topological polar surface area (TPSA) is 44.6 Å². The fourth-order valence-electron chi connectivity index (χ4n) is 1.39. The van der Waals surface area contributed by atoms with Crippen LogP contribution in [-0.2, 0) is 0 Å². The van der Waals surface area contributed by atoms with E-state index in [1.54, 1.807) is 12.1 Å². The minimum atomic E-state index is 0.280. The van der Waals surface area contributed by atoms with E-state index in [9.17, 15) is 5.11 Å². The van der Waals surface area contributed by atoms with Crippen LogP contribution in [0, 0.1) is 0 Å². The van der Waals surface area contributed by atoms with Crippen LogP contribution in [0.4, 0.5) is 0 Å². The minimum absolute atomic E-state index is 0.280. The molecule has 2 rings (SSSR count). The molecule has 1 aliphatic heterocycles. The molecule has 0 aromatic heterocycles. The summed E-state index contributed by atoms with van der Waals surface area (Å²) >= 11 is 0. The molecule has 13 heavy (non-hydrogen) atoms. The van der Waals surface area contributed by atoms with Crippen LogP contribution in [0.5, 0.6) is 5.75 Å². The molecule has 0 saturated heterocycles. The van der Waals surface area contributed by atoms with Gasteiger partial charge in [-0.3, -0.25) is 4.99 Å². The molecule has 1 atom stereocenters. The van der Waals surface area contributed by atoms with Crippen molar-refractivity contribution in [1.29, 1.82) is 0 Å². The van der Waals surface area contributed by atoms with Crippen molar-refractivity contribution in [2.45, 2.75) is 13.0 Å². The molecule has 0 amide bonds. The highest BCUT2D eigenvalue weighted by Gasteiger charge is 2.15. The van der Waals surface area contributed by atoms with Gasteiger partial charge in [0.1, 0.15) is 11.6 Å². The molecule has 1 aliphatic rings. The first kappa shape index (κ1) is 8.10. The molecule has 2 N–H and O–H groups in total. The molecule has 0 saturated carbocycles. The number of amidine groups is 1. The molecule has 0 bridgehead atoms. The molecule has 68 valence electrons. The van der Waals surface area contributed by atoms with E-state index in [0.29, 0.717) is 6.04 Å². The second-order valence-electron chi connectivity index (χ2n) is 3.25. The summed E-state index contributed by atoms with van der Waals surface area (Å²) in [6.07, 6.45) is 0. The van der Waals surface area contributed by atoms with Crippen molar-refractivity contribution in [3.8, 4) is 5.75 Å². The number of phenols is 1. The number of para-hydroxylation sites is 1. The number of nitrogens with one attached hydrogen (secondary N) is 1. The summed E-state index contributed by atoms with van der Waals surface area (Å²) in [7, 11) is 0. The first-order chi connectivity index (χ1) is 6.27. The Morgan fingerprint density at radius 2 is 2.23 bits per heavy atom. The summed E-state index contributed by atoms with van der Waals surface area (Å²) in [5, 5.41) is 12.7. The van der Waals surface area contributed by atoms with Crippen molar-refractivity contribution >= 4 is 5.84 Å². The highest BCUT2D eigenvalue weighted by molar-refractivity contribution is 6.02. The molecule has 1 aromatic rings. The Morgan fingerprint density at radius 3 is 2.85 bits per heavy atom. The van der Waals surface area contributed by atoms with Crippen LogP contribution in [0.25, 0.3) is 0 Å². The summed E-state index contributed by atoms with van der Waals surface area (Å²) in [5.74, 6) is 1.08. The van der Waals surface area contributed by atoms with Crippen molar-refractivity contribution in [1.82, 2.24) is 5.32 Å². The van der Waals surface area contributed by atoms with Gasteiger partial charge in [0.05, 0.1) is 12.1 Å². The van der Waals surface area contributed by atoms with Crippen LogP contribution in [0.1, 0.15) is 12.5 Å². The van der Waals surface area contributed by atoms with Gasteiger partial charge >= 0.3 is 0 Å². The fraction of sp³-hybridized carbons (Fsp3) is 0.300. The van der Waals surface area contributed by atoms with Crippen LogP contribution in [-0.4, -0.2) is 23.5 Å². The van der Waals surface area contributed by atoms with Gasteiger partial charge in [-0.1, -0.05) is 12.1 Å². The quantitative estimate of drug-likeness (QED) is 0.673. The number of nitrogens with zero attached hydrogens (tertiary/aromatic N) is 1. The lowest BCUT2D eigenvalue weighted by Gasteiger charge is -2.06. The first-order valence-electron chi connectivity index (χ1n) is 4.37. The maximum absolute atomic E-state index is 9.54. The number of aliphatic imine (C=N–C) groups is 1. The predicted octanol–water partition coefficient (Wildman–Crippen LogP) is 1.13. The molecule has 0 spiro atoms. The SMILES string of the molecule is CC1CN=C(c2ccccc2O)N1. The zero-order valence-electron chi connectivity index (χ0n) is 7.49. The third-order valence-corrected chi connectivity index (χ3v) is 2.07. The Labute approximate surface area is 77.1 Å². The van der Waals surface area contributed by atoms with Crippen LogP contribution in [0.3, 0.4) is 0 Å². The molecule has 0 fully saturated rings. The Kier molecular flexibility index (Phi) is 1.93. The summed E-state index contributed by atoms with van der Waals surface area (Å²) in [6, 6.07) is 7.59. The first-order valence-corrected chi connectivity index (χ1v) is 4.37. The number of benzene rings is 1. The molecule has 1 heterocycles. The molecule has 3 nitrogen and oxygen atoms in total. The molecule has 0 aliphatic carbocycles. The molecule has 3 heteroatoms. The maximum Gasteiger partial charge on any atom is 0.132 e. The van der Waals surface area contributed by atoms with Gasteiger partial charge < -0.3 is 10.4 Å². The number of hydrogen-bond acceptors (Lipinski definition) is 3. The van der Waals surface area contributed by atoms with E-state index >= 15 is 0 Å². The lowest BCUT2D eigenvalue weighted by molar-refractivity contribution is 0.474. The van der Waals surface area contributed by atoms with Crippen molar-refractivity contribution in [2.24, 2.45) is 4.99 Å². The van der Waals surface area contributed by atoms with Gasteiger partial charge in [-0.2, -0.15) is 0 Å². The van der Waals surface area contributed by atoms with E-state index < -0.39 is 0 Å². The number of rotatable bonds is 1. The lowest BCUT2D eigenvalue weighted by atomic mass is 10.2. The van der Waals surface area contributed by atoms with Gasteiger partial charge in [0.25, 0.3) is 0 Å². The standard InChI is InChI=1S/C10H12N2O/c1-7-6-11-10(12-7)8-4-2-3-5-9(8)13/h2-5,7,13H,6H2,1H3,(H,11,12). The third-order valence-electron chi connectivity index (χ3n) is 2.07. The van der Waals surface area contributed by atoms with Crippen molar-refractivity contribution in [3.05, 3.63) is 29.8 Å². The molecule has 1 unspecified atom stereocenters. The highest BCUT2D eigenvalue weighted by Crippen LogP contribution is 2.17. The maximum atomic E-state index is 9.54. The van der Waals surface area contributed by atoms with Crippen molar-refractivity contribution in [2.75, 3.05) is 6.54 Å². The summed E-state index contributed by atoms with van der Waals surface area (Å²) in [6.45, 7) is 2.85. The van der Waals surface area contributed by atoms with Gasteiger partial charge in [0.2, 0.25) is 0 Å². The van der Waals surface area contributed by atoms with Gasteiger partial charge in [0.15, 0.2) is 0 Å². The van der Waals surface area contributed by atoms with Crippen LogP contribution >= 0.6 is 0 Å². The Bertz CT molecular complexity index is 347. The second kappa shape index (κ2) is 3.09. The van der Waals surface area contributed by atoms with E-state index in [4.69, 9.17) is 0 Å². The Balaban J connectivity index is 2.31. The van der Waals surface area contributed by atoms with E-state index in [1.165, 1.54) is 0 Å². The predicted molar refractivity (Wildman–Crippen MR) is 52.1 cm³/mol. The van der Waals surface area contributed by atoms with Crippen LogP contribution < -0.4 is 5.32 Å². The van der Waals surface area contributed by atoms with Gasteiger partial charge in [0, 0.05) is 6.04 Å². The number of phenolic OH excluding ortho intramolecular Hbond substituents is 1.